The van der Waals surface area contributed by atoms with E-state index in [1.807, 2.05) is 12.1 Å². The molecule has 114 valence electrons. The van der Waals surface area contributed by atoms with E-state index in [-0.39, 0.29) is 0 Å². The van der Waals surface area contributed by atoms with Crippen LogP contribution in [0, 0.1) is 6.92 Å². The summed E-state index contributed by atoms with van der Waals surface area (Å²) in [7, 11) is 0. The van der Waals surface area contributed by atoms with E-state index in [1.165, 1.54) is 5.56 Å². The Morgan fingerprint density at radius 2 is 1.95 bits per heavy atom. The SMILES string of the molecule is CCCNC(CC)c1ccc(OCc2nnc(C)o2)cc1. The van der Waals surface area contributed by atoms with Crippen LogP contribution in [-0.2, 0) is 6.61 Å². The Morgan fingerprint density at radius 1 is 1.19 bits per heavy atom. The van der Waals surface area contributed by atoms with Crippen molar-refractivity contribution in [1.29, 1.82) is 0 Å². The first-order chi connectivity index (χ1) is 10.2. The molecule has 1 N–H and O–H groups in total. The average molecular weight is 289 g/mol. The highest BCUT2D eigenvalue weighted by Crippen LogP contribution is 2.20. The van der Waals surface area contributed by atoms with Crippen molar-refractivity contribution in [3.05, 3.63) is 41.6 Å². The second-order valence-electron chi connectivity index (χ2n) is 4.99. The van der Waals surface area contributed by atoms with Crippen LogP contribution in [0.5, 0.6) is 5.75 Å². The first-order valence-corrected chi connectivity index (χ1v) is 7.48. The predicted molar refractivity (Wildman–Crippen MR) is 81.1 cm³/mol. The summed E-state index contributed by atoms with van der Waals surface area (Å²) < 4.78 is 10.9. The predicted octanol–water partition coefficient (Wildman–Crippen LogP) is 3.41. The zero-order valence-corrected chi connectivity index (χ0v) is 12.9. The van der Waals surface area contributed by atoms with Crippen molar-refractivity contribution < 1.29 is 9.15 Å². The van der Waals surface area contributed by atoms with Crippen LogP contribution in [0.2, 0.25) is 0 Å². The van der Waals surface area contributed by atoms with Gasteiger partial charge >= 0.3 is 0 Å². The third-order valence-corrected chi connectivity index (χ3v) is 3.26. The Bertz CT molecular complexity index is 537. The fraction of sp³-hybridized carbons (Fsp3) is 0.500. The summed E-state index contributed by atoms with van der Waals surface area (Å²) in [4.78, 5) is 0. The lowest BCUT2D eigenvalue weighted by atomic mass is 10.0. The molecule has 0 fully saturated rings. The summed E-state index contributed by atoms with van der Waals surface area (Å²) >= 11 is 0. The molecule has 1 unspecified atom stereocenters. The molecule has 0 saturated heterocycles. The topological polar surface area (TPSA) is 60.2 Å². The van der Waals surface area contributed by atoms with Crippen LogP contribution in [0.15, 0.2) is 28.7 Å². The van der Waals surface area contributed by atoms with E-state index < -0.39 is 0 Å². The van der Waals surface area contributed by atoms with Crippen LogP contribution < -0.4 is 10.1 Å². The molecular formula is C16H23N3O2. The normalized spacial score (nSPS) is 12.3. The third-order valence-electron chi connectivity index (χ3n) is 3.26. The molecule has 0 aliphatic carbocycles. The molecule has 0 amide bonds. The Kier molecular flexibility index (Phi) is 5.75. The van der Waals surface area contributed by atoms with Crippen molar-refractivity contribution in [3.8, 4) is 5.75 Å². The molecule has 0 bridgehead atoms. The summed E-state index contributed by atoms with van der Waals surface area (Å²) in [5.41, 5.74) is 1.28. The maximum absolute atomic E-state index is 5.64. The van der Waals surface area contributed by atoms with E-state index in [1.54, 1.807) is 6.92 Å². The molecule has 1 aromatic carbocycles. The molecule has 0 aliphatic rings. The van der Waals surface area contributed by atoms with E-state index in [4.69, 9.17) is 9.15 Å². The largest absolute Gasteiger partial charge is 0.484 e. The standard InChI is InChI=1S/C16H23N3O2/c1-4-10-17-15(5-2)13-6-8-14(9-7-13)20-11-16-19-18-12(3)21-16/h6-9,15,17H,4-5,10-11H2,1-3H3. The van der Waals surface area contributed by atoms with E-state index >= 15 is 0 Å². The average Bonchev–Trinajstić information content (AvgIpc) is 2.93. The van der Waals surface area contributed by atoms with Gasteiger partial charge in [-0.25, -0.2) is 0 Å². The number of hydrogen-bond donors (Lipinski definition) is 1. The zero-order valence-electron chi connectivity index (χ0n) is 12.9. The monoisotopic (exact) mass is 289 g/mol. The van der Waals surface area contributed by atoms with Crippen LogP contribution in [0.4, 0.5) is 0 Å². The van der Waals surface area contributed by atoms with Crippen molar-refractivity contribution in [2.45, 2.75) is 46.3 Å². The van der Waals surface area contributed by atoms with Crippen molar-refractivity contribution in [2.24, 2.45) is 0 Å². The van der Waals surface area contributed by atoms with Gasteiger partial charge in [-0.3, -0.25) is 0 Å². The summed E-state index contributed by atoms with van der Waals surface area (Å²) in [6.45, 7) is 7.46. The molecule has 0 spiro atoms. The summed E-state index contributed by atoms with van der Waals surface area (Å²) in [5.74, 6) is 1.85. The van der Waals surface area contributed by atoms with Gasteiger partial charge in [-0.05, 0) is 37.1 Å². The summed E-state index contributed by atoms with van der Waals surface area (Å²) in [6.07, 6.45) is 2.21. The van der Waals surface area contributed by atoms with E-state index in [2.05, 4.69) is 41.5 Å². The zero-order chi connectivity index (χ0) is 15.1. The number of aryl methyl sites for hydroxylation is 1. The Labute approximate surface area is 125 Å². The highest BCUT2D eigenvalue weighted by Gasteiger charge is 2.08. The highest BCUT2D eigenvalue weighted by molar-refractivity contribution is 5.29. The van der Waals surface area contributed by atoms with Gasteiger partial charge in [-0.15, -0.1) is 10.2 Å². The van der Waals surface area contributed by atoms with E-state index in [0.717, 1.165) is 25.1 Å². The third kappa shape index (κ3) is 4.56. The van der Waals surface area contributed by atoms with Gasteiger partial charge in [0.2, 0.25) is 5.89 Å². The van der Waals surface area contributed by atoms with Gasteiger partial charge in [-0.1, -0.05) is 26.0 Å². The van der Waals surface area contributed by atoms with Crippen LogP contribution in [-0.4, -0.2) is 16.7 Å². The van der Waals surface area contributed by atoms with Crippen molar-refractivity contribution in [3.63, 3.8) is 0 Å². The Morgan fingerprint density at radius 3 is 2.52 bits per heavy atom. The van der Waals surface area contributed by atoms with Gasteiger partial charge in [0.25, 0.3) is 5.89 Å². The lowest BCUT2D eigenvalue weighted by Gasteiger charge is -2.17. The summed E-state index contributed by atoms with van der Waals surface area (Å²) in [6, 6.07) is 8.57. The first-order valence-electron chi connectivity index (χ1n) is 7.48. The molecular weight excluding hydrogens is 266 g/mol. The van der Waals surface area contributed by atoms with E-state index in [0.29, 0.717) is 24.4 Å². The molecule has 0 aliphatic heterocycles. The van der Waals surface area contributed by atoms with Gasteiger partial charge in [0.15, 0.2) is 6.61 Å². The van der Waals surface area contributed by atoms with Crippen LogP contribution in [0.1, 0.15) is 50.1 Å². The maximum Gasteiger partial charge on any atom is 0.253 e. The van der Waals surface area contributed by atoms with Gasteiger partial charge in [-0.2, -0.15) is 0 Å². The highest BCUT2D eigenvalue weighted by atomic mass is 16.5. The van der Waals surface area contributed by atoms with Crippen LogP contribution in [0.25, 0.3) is 0 Å². The van der Waals surface area contributed by atoms with Gasteiger partial charge in [0.1, 0.15) is 5.75 Å². The molecule has 0 saturated carbocycles. The molecule has 1 heterocycles. The van der Waals surface area contributed by atoms with E-state index in [9.17, 15) is 0 Å². The Hall–Kier alpha value is -1.88. The fourth-order valence-corrected chi connectivity index (χ4v) is 2.15. The molecule has 1 atom stereocenters. The smallest absolute Gasteiger partial charge is 0.253 e. The minimum absolute atomic E-state index is 0.297. The fourth-order valence-electron chi connectivity index (χ4n) is 2.15. The lowest BCUT2D eigenvalue weighted by molar-refractivity contribution is 0.260. The van der Waals surface area contributed by atoms with Gasteiger partial charge in [0.05, 0.1) is 0 Å². The molecule has 0 radical (unpaired) electrons. The molecule has 2 rings (SSSR count). The second-order valence-corrected chi connectivity index (χ2v) is 4.99. The van der Waals surface area contributed by atoms with Crippen LogP contribution in [0.3, 0.4) is 0 Å². The second kappa shape index (κ2) is 7.78. The van der Waals surface area contributed by atoms with Gasteiger partial charge < -0.3 is 14.5 Å². The molecule has 21 heavy (non-hydrogen) atoms. The molecule has 5 nitrogen and oxygen atoms in total. The van der Waals surface area contributed by atoms with Crippen molar-refractivity contribution in [1.82, 2.24) is 15.5 Å². The van der Waals surface area contributed by atoms with Gasteiger partial charge in [0, 0.05) is 13.0 Å². The number of aromatic nitrogens is 2. The lowest BCUT2D eigenvalue weighted by Crippen LogP contribution is -2.21. The number of benzene rings is 1. The number of rotatable bonds is 8. The molecule has 2 aromatic rings. The minimum atomic E-state index is 0.297. The first kappa shape index (κ1) is 15.5. The Balaban J connectivity index is 1.91. The molecule has 5 heteroatoms. The van der Waals surface area contributed by atoms with Crippen molar-refractivity contribution >= 4 is 0 Å². The summed E-state index contributed by atoms with van der Waals surface area (Å²) in [5, 5.41) is 11.2. The number of nitrogens with zero attached hydrogens (tertiary/aromatic N) is 2. The number of hydrogen-bond acceptors (Lipinski definition) is 5. The number of nitrogens with one attached hydrogen (secondary N) is 1. The number of ether oxygens (including phenoxy) is 1. The van der Waals surface area contributed by atoms with Crippen LogP contribution >= 0.6 is 0 Å². The quantitative estimate of drug-likeness (QED) is 0.807. The maximum atomic E-state index is 5.64. The molecule has 1 aromatic heterocycles. The minimum Gasteiger partial charge on any atom is -0.484 e. The van der Waals surface area contributed by atoms with Crippen molar-refractivity contribution in [2.75, 3.05) is 6.54 Å².